The van der Waals surface area contributed by atoms with Crippen LogP contribution in [-0.4, -0.2) is 73.1 Å². The van der Waals surface area contributed by atoms with Crippen molar-refractivity contribution in [1.29, 1.82) is 0 Å². The topological polar surface area (TPSA) is 117 Å². The van der Waals surface area contributed by atoms with Crippen molar-refractivity contribution < 1.29 is 28.7 Å². The Hall–Kier alpha value is -2.16. The summed E-state index contributed by atoms with van der Waals surface area (Å²) in [5.74, 6) is -1.69. The number of hydrogen-bond acceptors (Lipinski definition) is 6. The zero-order valence-corrected chi connectivity index (χ0v) is 17.0. The van der Waals surface area contributed by atoms with E-state index in [1.165, 1.54) is 12.0 Å². The van der Waals surface area contributed by atoms with E-state index in [1.54, 1.807) is 0 Å². The highest BCUT2D eigenvalue weighted by Crippen LogP contribution is 2.25. The first kappa shape index (κ1) is 22.1. The summed E-state index contributed by atoms with van der Waals surface area (Å²) in [6.45, 7) is 6.69. The third-order valence-electron chi connectivity index (χ3n) is 5.34. The zero-order chi connectivity index (χ0) is 20.8. The number of likely N-dealkylation sites (tertiary alicyclic amines) is 1. The summed E-state index contributed by atoms with van der Waals surface area (Å²) in [4.78, 5) is 51.0. The van der Waals surface area contributed by atoms with Crippen LogP contribution in [0.1, 0.15) is 46.5 Å². The van der Waals surface area contributed by atoms with Crippen molar-refractivity contribution in [3.05, 3.63) is 0 Å². The van der Waals surface area contributed by atoms with Gasteiger partial charge in [0.25, 0.3) is 11.8 Å². The molecule has 0 unspecified atom stereocenters. The van der Waals surface area contributed by atoms with Crippen LogP contribution in [0.5, 0.6) is 0 Å². The molecule has 28 heavy (non-hydrogen) atoms. The van der Waals surface area contributed by atoms with Gasteiger partial charge in [-0.2, -0.15) is 0 Å². The van der Waals surface area contributed by atoms with Gasteiger partial charge < -0.3 is 25.0 Å². The van der Waals surface area contributed by atoms with E-state index in [0.717, 1.165) is 6.42 Å². The normalized spacial score (nSPS) is 25.6. The summed E-state index contributed by atoms with van der Waals surface area (Å²) in [6, 6.07) is -1.41. The molecule has 9 heteroatoms. The fourth-order valence-corrected chi connectivity index (χ4v) is 3.37. The van der Waals surface area contributed by atoms with Crippen molar-refractivity contribution in [3.63, 3.8) is 0 Å². The summed E-state index contributed by atoms with van der Waals surface area (Å²) in [7, 11) is 1.30. The first-order chi connectivity index (χ1) is 13.3. The summed E-state index contributed by atoms with van der Waals surface area (Å²) < 4.78 is 10.0. The molecule has 2 fully saturated rings. The lowest BCUT2D eigenvalue weighted by molar-refractivity contribution is -0.152. The maximum absolute atomic E-state index is 13.1. The molecule has 0 aliphatic carbocycles. The van der Waals surface area contributed by atoms with Gasteiger partial charge in [-0.05, 0) is 25.2 Å². The molecular formula is C19H31N3O6. The van der Waals surface area contributed by atoms with Crippen LogP contribution in [0.4, 0.5) is 0 Å². The molecule has 9 nitrogen and oxygen atoms in total. The number of carbonyl (C=O) groups excluding carboxylic acids is 4. The third-order valence-corrected chi connectivity index (χ3v) is 5.34. The Labute approximate surface area is 165 Å². The van der Waals surface area contributed by atoms with E-state index in [4.69, 9.17) is 9.47 Å². The number of rotatable bonds is 9. The lowest BCUT2D eigenvalue weighted by Crippen LogP contribution is -2.55. The Balaban J connectivity index is 2.02. The first-order valence-corrected chi connectivity index (χ1v) is 9.97. The number of amides is 3. The number of methoxy groups -OCH3 is 1. The quantitative estimate of drug-likeness (QED) is 0.417. The number of nitrogens with one attached hydrogen (secondary N) is 2. The lowest BCUT2D eigenvalue weighted by atomic mass is 9.97. The molecule has 0 aromatic carbocycles. The Bertz CT molecular complexity index is 610. The van der Waals surface area contributed by atoms with Crippen LogP contribution in [0.2, 0.25) is 0 Å². The Morgan fingerprint density at radius 3 is 2.46 bits per heavy atom. The van der Waals surface area contributed by atoms with Crippen molar-refractivity contribution in [2.45, 2.75) is 70.7 Å². The van der Waals surface area contributed by atoms with Crippen molar-refractivity contribution >= 4 is 23.7 Å². The van der Waals surface area contributed by atoms with Gasteiger partial charge in [-0.3, -0.25) is 14.4 Å². The second kappa shape index (κ2) is 9.86. The molecule has 2 aliphatic rings. The van der Waals surface area contributed by atoms with Gasteiger partial charge >= 0.3 is 5.97 Å². The van der Waals surface area contributed by atoms with Gasteiger partial charge in [0.2, 0.25) is 5.91 Å². The van der Waals surface area contributed by atoms with Gasteiger partial charge in [-0.15, -0.1) is 0 Å². The second-order valence-corrected chi connectivity index (χ2v) is 7.35. The molecule has 0 aromatic heterocycles. The second-order valence-electron chi connectivity index (χ2n) is 7.35. The van der Waals surface area contributed by atoms with Gasteiger partial charge in [0.1, 0.15) is 12.1 Å². The maximum Gasteiger partial charge on any atom is 0.328 e. The van der Waals surface area contributed by atoms with E-state index in [1.807, 2.05) is 20.8 Å². The molecule has 2 N–H and O–H groups in total. The van der Waals surface area contributed by atoms with E-state index in [2.05, 4.69) is 10.6 Å². The molecule has 5 atom stereocenters. The third kappa shape index (κ3) is 5.01. The van der Waals surface area contributed by atoms with Crippen LogP contribution in [0, 0.1) is 5.92 Å². The molecule has 3 amide bonds. The summed E-state index contributed by atoms with van der Waals surface area (Å²) in [5, 5.41) is 5.43. The molecule has 0 radical (unpaired) electrons. The average molecular weight is 397 g/mol. The minimum atomic E-state index is -0.883. The van der Waals surface area contributed by atoms with E-state index in [-0.39, 0.29) is 17.7 Å². The zero-order valence-electron chi connectivity index (χ0n) is 17.0. The predicted molar refractivity (Wildman–Crippen MR) is 100 cm³/mol. The van der Waals surface area contributed by atoms with Crippen LogP contribution < -0.4 is 10.6 Å². The van der Waals surface area contributed by atoms with Gasteiger partial charge in [0, 0.05) is 13.1 Å². The lowest BCUT2D eigenvalue weighted by Gasteiger charge is -2.30. The Morgan fingerprint density at radius 1 is 1.18 bits per heavy atom. The van der Waals surface area contributed by atoms with E-state index in [9.17, 15) is 19.2 Å². The maximum atomic E-state index is 13.1. The Morgan fingerprint density at radius 2 is 1.86 bits per heavy atom. The minimum absolute atomic E-state index is 0.138. The monoisotopic (exact) mass is 397 g/mol. The predicted octanol–water partition coefficient (Wildman–Crippen LogP) is -0.0251. The summed E-state index contributed by atoms with van der Waals surface area (Å²) in [5.41, 5.74) is 0. The SMILES string of the molecule is CCCNC(=O)[C@H]1O[C@@H]1C(=O)N[C@H](C(=O)N1CCC[C@@H]1C(=O)OC)[C@@H](C)CC. The molecule has 2 saturated heterocycles. The number of carbonyl (C=O) groups is 4. The van der Waals surface area contributed by atoms with Crippen LogP contribution >= 0.6 is 0 Å². The van der Waals surface area contributed by atoms with Crippen LogP contribution in [0.3, 0.4) is 0 Å². The molecule has 2 rings (SSSR count). The summed E-state index contributed by atoms with van der Waals surface area (Å²) in [6.07, 6.45) is 1.01. The molecule has 0 bridgehead atoms. The van der Waals surface area contributed by atoms with Crippen LogP contribution in [-0.2, 0) is 28.7 Å². The Kier molecular flexibility index (Phi) is 7.79. The standard InChI is InChI=1S/C19H31N3O6/c1-5-9-20-16(23)14-15(28-14)17(24)21-13(11(3)6-2)18(25)22-10-7-8-12(22)19(26)27-4/h11-15H,5-10H2,1-4H3,(H,20,23)(H,21,24)/t11-,12+,13-,14-,15-/m0/s1. The van der Waals surface area contributed by atoms with E-state index < -0.39 is 36.2 Å². The smallest absolute Gasteiger partial charge is 0.328 e. The molecule has 158 valence electrons. The number of nitrogens with zero attached hydrogens (tertiary/aromatic N) is 1. The minimum Gasteiger partial charge on any atom is -0.467 e. The van der Waals surface area contributed by atoms with Crippen LogP contribution in [0.25, 0.3) is 0 Å². The molecule has 0 spiro atoms. The highest BCUT2D eigenvalue weighted by molar-refractivity contribution is 5.97. The highest BCUT2D eigenvalue weighted by atomic mass is 16.6. The van der Waals surface area contributed by atoms with Gasteiger partial charge in [0.05, 0.1) is 7.11 Å². The van der Waals surface area contributed by atoms with Gasteiger partial charge in [0.15, 0.2) is 12.2 Å². The van der Waals surface area contributed by atoms with Crippen molar-refractivity contribution in [2.24, 2.45) is 5.92 Å². The number of epoxide rings is 1. The first-order valence-electron chi connectivity index (χ1n) is 9.97. The molecule has 0 saturated carbocycles. The number of ether oxygens (including phenoxy) is 2. The molecule has 2 aliphatic heterocycles. The summed E-state index contributed by atoms with van der Waals surface area (Å²) >= 11 is 0. The molecular weight excluding hydrogens is 366 g/mol. The van der Waals surface area contributed by atoms with E-state index >= 15 is 0 Å². The van der Waals surface area contributed by atoms with Gasteiger partial charge in [-0.1, -0.05) is 27.2 Å². The van der Waals surface area contributed by atoms with Crippen molar-refractivity contribution in [3.8, 4) is 0 Å². The highest BCUT2D eigenvalue weighted by Gasteiger charge is 2.51. The van der Waals surface area contributed by atoms with E-state index in [0.29, 0.717) is 32.4 Å². The number of hydrogen-bond donors (Lipinski definition) is 2. The average Bonchev–Trinajstić information content (AvgIpc) is 3.36. The number of esters is 1. The van der Waals surface area contributed by atoms with Gasteiger partial charge in [-0.25, -0.2) is 4.79 Å². The largest absolute Gasteiger partial charge is 0.467 e. The van der Waals surface area contributed by atoms with Crippen molar-refractivity contribution in [1.82, 2.24) is 15.5 Å². The molecule has 2 heterocycles. The van der Waals surface area contributed by atoms with Crippen LogP contribution in [0.15, 0.2) is 0 Å². The fourth-order valence-electron chi connectivity index (χ4n) is 3.37. The molecule has 0 aromatic rings. The van der Waals surface area contributed by atoms with Crippen molar-refractivity contribution in [2.75, 3.05) is 20.2 Å². The fraction of sp³-hybridized carbons (Fsp3) is 0.789.